The number of rotatable bonds is 4. The van der Waals surface area contributed by atoms with Gasteiger partial charge in [-0.3, -0.25) is 14.3 Å². The number of hydrogen-bond donors (Lipinski definition) is 0. The Balaban J connectivity index is 2.36. The summed E-state index contributed by atoms with van der Waals surface area (Å²) < 4.78 is 1.80. The van der Waals surface area contributed by atoms with Crippen LogP contribution >= 0.6 is 0 Å². The van der Waals surface area contributed by atoms with Gasteiger partial charge in [0.05, 0.1) is 12.8 Å². The molecule has 1 amide bonds. The van der Waals surface area contributed by atoms with E-state index in [-0.39, 0.29) is 5.91 Å². The van der Waals surface area contributed by atoms with Crippen LogP contribution in [0.4, 0.5) is 0 Å². The number of carbonyl (C=O) groups is 1. The topological polar surface area (TPSA) is 60.2 Å². The molecule has 0 radical (unpaired) electrons. The van der Waals surface area contributed by atoms with E-state index in [4.69, 9.17) is 4.84 Å². The lowest BCUT2D eigenvalue weighted by atomic mass is 9.99. The van der Waals surface area contributed by atoms with E-state index < -0.39 is 0 Å². The number of hydroxylamine groups is 2. The molecule has 2 aromatic heterocycles. The van der Waals surface area contributed by atoms with Gasteiger partial charge >= 0.3 is 0 Å². The zero-order valence-corrected chi connectivity index (χ0v) is 13.5. The van der Waals surface area contributed by atoms with E-state index in [1.807, 2.05) is 20.9 Å². The molecule has 0 aromatic carbocycles. The highest BCUT2D eigenvalue weighted by Gasteiger charge is 2.17. The van der Waals surface area contributed by atoms with E-state index in [0.717, 1.165) is 33.5 Å². The lowest BCUT2D eigenvalue weighted by Crippen LogP contribution is -2.25. The average Bonchev–Trinajstić information content (AvgIpc) is 2.72. The summed E-state index contributed by atoms with van der Waals surface area (Å²) in [5, 5.41) is 6.77. The fraction of sp³-hybridized carbons (Fsp3) is 0.533. The molecule has 0 spiro atoms. The maximum atomic E-state index is 11.9. The average molecular weight is 290 g/mol. The third kappa shape index (κ3) is 2.76. The zero-order valence-electron chi connectivity index (χ0n) is 13.5. The molecule has 2 rings (SSSR count). The minimum absolute atomic E-state index is 0.0423. The molecule has 0 saturated heterocycles. The van der Waals surface area contributed by atoms with Gasteiger partial charge in [0.1, 0.15) is 0 Å². The third-order valence-electron chi connectivity index (χ3n) is 3.94. The molecule has 21 heavy (non-hydrogen) atoms. The van der Waals surface area contributed by atoms with Gasteiger partial charge in [0, 0.05) is 31.6 Å². The summed E-state index contributed by atoms with van der Waals surface area (Å²) in [7, 11) is 5.01. The smallest absolute Gasteiger partial charge is 0.246 e. The maximum absolute atomic E-state index is 11.9. The molecule has 0 aliphatic heterocycles. The highest BCUT2D eigenvalue weighted by molar-refractivity contribution is 5.83. The van der Waals surface area contributed by atoms with Crippen LogP contribution in [-0.2, 0) is 23.1 Å². The van der Waals surface area contributed by atoms with Crippen molar-refractivity contribution in [1.82, 2.24) is 19.8 Å². The Hall–Kier alpha value is -1.95. The molecular formula is C15H22N4O2. The maximum Gasteiger partial charge on any atom is 0.246 e. The van der Waals surface area contributed by atoms with Crippen molar-refractivity contribution in [2.45, 2.75) is 33.6 Å². The normalized spacial score (nSPS) is 11.1. The number of hydrogen-bond acceptors (Lipinski definition) is 4. The van der Waals surface area contributed by atoms with E-state index in [9.17, 15) is 4.79 Å². The van der Waals surface area contributed by atoms with Crippen LogP contribution in [0.5, 0.6) is 0 Å². The van der Waals surface area contributed by atoms with Crippen molar-refractivity contribution in [3.63, 3.8) is 0 Å². The quantitative estimate of drug-likeness (QED) is 0.806. The molecule has 0 atom stereocenters. The van der Waals surface area contributed by atoms with Gasteiger partial charge in [0.25, 0.3) is 0 Å². The van der Waals surface area contributed by atoms with Gasteiger partial charge in [-0.1, -0.05) is 0 Å². The van der Waals surface area contributed by atoms with Crippen molar-refractivity contribution in [3.8, 4) is 0 Å². The molecule has 0 aliphatic rings. The predicted octanol–water partition coefficient (Wildman–Crippen LogP) is 1.85. The predicted molar refractivity (Wildman–Crippen MR) is 80.8 cm³/mol. The second-order valence-electron chi connectivity index (χ2n) is 5.28. The second kappa shape index (κ2) is 5.81. The molecule has 2 heterocycles. The minimum Gasteiger partial charge on any atom is -0.275 e. The Morgan fingerprint density at radius 2 is 1.95 bits per heavy atom. The van der Waals surface area contributed by atoms with Crippen molar-refractivity contribution < 1.29 is 9.63 Å². The molecular weight excluding hydrogens is 268 g/mol. The number of aryl methyl sites for hydroxylation is 4. The number of amides is 1. The van der Waals surface area contributed by atoms with Crippen LogP contribution in [0.25, 0.3) is 11.0 Å². The first-order valence-corrected chi connectivity index (χ1v) is 6.96. The van der Waals surface area contributed by atoms with Crippen LogP contribution in [0.2, 0.25) is 0 Å². The lowest BCUT2D eigenvalue weighted by Gasteiger charge is -2.15. The third-order valence-corrected chi connectivity index (χ3v) is 3.94. The number of aromatic nitrogens is 3. The molecule has 0 N–H and O–H groups in total. The van der Waals surface area contributed by atoms with E-state index in [2.05, 4.69) is 17.0 Å². The molecule has 0 aliphatic carbocycles. The first-order chi connectivity index (χ1) is 9.86. The van der Waals surface area contributed by atoms with Crippen molar-refractivity contribution in [2.75, 3.05) is 14.2 Å². The molecule has 6 heteroatoms. The first kappa shape index (κ1) is 15.4. The Kier molecular flexibility index (Phi) is 4.27. The Morgan fingerprint density at radius 1 is 1.29 bits per heavy atom. The molecule has 114 valence electrons. The number of nitrogens with zero attached hydrogens (tertiary/aromatic N) is 4. The van der Waals surface area contributed by atoms with E-state index in [1.165, 1.54) is 12.2 Å². The van der Waals surface area contributed by atoms with Crippen molar-refractivity contribution in [3.05, 3.63) is 22.5 Å². The summed E-state index contributed by atoms with van der Waals surface area (Å²) in [6.45, 7) is 6.04. The molecule has 0 unspecified atom stereocenters. The van der Waals surface area contributed by atoms with Crippen molar-refractivity contribution in [2.24, 2.45) is 7.05 Å². The largest absolute Gasteiger partial charge is 0.275 e. The highest BCUT2D eigenvalue weighted by Crippen LogP contribution is 2.26. The Bertz CT molecular complexity index is 691. The lowest BCUT2D eigenvalue weighted by molar-refractivity contribution is -0.168. The summed E-state index contributed by atoms with van der Waals surface area (Å²) in [5.41, 5.74) is 5.11. The van der Waals surface area contributed by atoms with Gasteiger partial charge < -0.3 is 0 Å². The van der Waals surface area contributed by atoms with E-state index >= 15 is 0 Å². The summed E-state index contributed by atoms with van der Waals surface area (Å²) in [4.78, 5) is 21.4. The van der Waals surface area contributed by atoms with Crippen molar-refractivity contribution in [1.29, 1.82) is 0 Å². The van der Waals surface area contributed by atoms with Gasteiger partial charge in [-0.25, -0.2) is 10.0 Å². The SMILES string of the molecule is CON(C)C(=O)CCc1c(C)nc2c(c(C)nn2C)c1C. The first-order valence-electron chi connectivity index (χ1n) is 6.96. The van der Waals surface area contributed by atoms with Gasteiger partial charge in [-0.15, -0.1) is 0 Å². The van der Waals surface area contributed by atoms with Gasteiger partial charge in [-0.2, -0.15) is 5.10 Å². The number of carbonyl (C=O) groups excluding carboxylic acids is 1. The Morgan fingerprint density at radius 3 is 2.57 bits per heavy atom. The second-order valence-corrected chi connectivity index (χ2v) is 5.28. The van der Waals surface area contributed by atoms with Crippen LogP contribution in [0.3, 0.4) is 0 Å². The van der Waals surface area contributed by atoms with Crippen LogP contribution < -0.4 is 0 Å². The standard InChI is InChI=1S/C15H22N4O2/c1-9-12(7-8-13(20)19(5)21-6)10(2)16-15-14(9)11(3)17-18(15)4/h7-8H2,1-6H3. The summed E-state index contributed by atoms with van der Waals surface area (Å²) in [6.07, 6.45) is 1.06. The van der Waals surface area contributed by atoms with E-state index in [1.54, 1.807) is 11.7 Å². The fourth-order valence-electron chi connectivity index (χ4n) is 2.72. The van der Waals surface area contributed by atoms with Crippen LogP contribution in [0.15, 0.2) is 0 Å². The molecule has 0 saturated carbocycles. The molecule has 6 nitrogen and oxygen atoms in total. The minimum atomic E-state index is -0.0423. The van der Waals surface area contributed by atoms with Crippen molar-refractivity contribution >= 4 is 16.9 Å². The summed E-state index contributed by atoms with van der Waals surface area (Å²) >= 11 is 0. The van der Waals surface area contributed by atoms with E-state index in [0.29, 0.717) is 12.8 Å². The zero-order chi connectivity index (χ0) is 15.7. The number of pyridine rings is 1. The summed E-state index contributed by atoms with van der Waals surface area (Å²) in [6, 6.07) is 0. The fourth-order valence-corrected chi connectivity index (χ4v) is 2.72. The Labute approximate surface area is 124 Å². The molecule has 0 bridgehead atoms. The van der Waals surface area contributed by atoms with Crippen LogP contribution in [0.1, 0.15) is 28.9 Å². The van der Waals surface area contributed by atoms with Gasteiger partial charge in [0.2, 0.25) is 5.91 Å². The molecule has 2 aromatic rings. The van der Waals surface area contributed by atoms with Crippen LogP contribution in [0, 0.1) is 20.8 Å². The summed E-state index contributed by atoms with van der Waals surface area (Å²) in [5.74, 6) is -0.0423. The highest BCUT2D eigenvalue weighted by atomic mass is 16.7. The number of fused-ring (bicyclic) bond motifs is 1. The monoisotopic (exact) mass is 290 g/mol. The van der Waals surface area contributed by atoms with Crippen LogP contribution in [-0.4, -0.2) is 39.9 Å². The van der Waals surface area contributed by atoms with Gasteiger partial charge in [-0.05, 0) is 38.3 Å². The molecule has 0 fully saturated rings. The van der Waals surface area contributed by atoms with Gasteiger partial charge in [0.15, 0.2) is 5.65 Å².